The van der Waals surface area contributed by atoms with Crippen molar-refractivity contribution in [3.63, 3.8) is 0 Å². The largest absolute Gasteiger partial charge is 0.393 e. The normalized spacial score (nSPS) is 29.5. The first kappa shape index (κ1) is 11.0. The van der Waals surface area contributed by atoms with Crippen LogP contribution in [0.4, 0.5) is 0 Å². The van der Waals surface area contributed by atoms with Crippen LogP contribution in [0.25, 0.3) is 0 Å². The van der Waals surface area contributed by atoms with Crippen LogP contribution in [0.2, 0.25) is 0 Å². The fraction of sp³-hybridized carbons (Fsp3) is 1.00. The van der Waals surface area contributed by atoms with Gasteiger partial charge in [0.25, 0.3) is 0 Å². The zero-order valence-electron chi connectivity index (χ0n) is 8.92. The maximum atomic E-state index is 9.69. The molecule has 13 heavy (non-hydrogen) atoms. The lowest BCUT2D eigenvalue weighted by molar-refractivity contribution is 0.0693. The number of hydrogen-bond acceptors (Lipinski definition) is 2. The molecule has 1 saturated carbocycles. The zero-order chi connectivity index (χ0) is 9.68. The number of rotatable bonds is 4. The Morgan fingerprint density at radius 3 is 2.62 bits per heavy atom. The first-order valence-electron chi connectivity index (χ1n) is 5.59. The Morgan fingerprint density at radius 2 is 2.00 bits per heavy atom. The van der Waals surface area contributed by atoms with Crippen molar-refractivity contribution in [2.24, 2.45) is 11.8 Å². The predicted octanol–water partition coefficient (Wildman–Crippen LogP) is 1.78. The van der Waals surface area contributed by atoms with Crippen molar-refractivity contribution in [2.75, 3.05) is 13.1 Å². The molecule has 0 aromatic heterocycles. The molecule has 0 aromatic rings. The standard InChI is InChI=1S/C11H23NO/c1-9(2)7-12-8-10-5-3-4-6-11(10)13/h9-13H,3-8H2,1-2H3. The van der Waals surface area contributed by atoms with E-state index in [4.69, 9.17) is 0 Å². The number of aliphatic hydroxyl groups is 1. The molecular formula is C11H23NO. The molecule has 1 fully saturated rings. The van der Waals surface area contributed by atoms with Gasteiger partial charge in [0.2, 0.25) is 0 Å². The molecule has 0 spiro atoms. The molecular weight excluding hydrogens is 162 g/mol. The molecule has 1 aliphatic carbocycles. The fourth-order valence-corrected chi connectivity index (χ4v) is 1.98. The molecule has 2 atom stereocenters. The molecule has 2 heteroatoms. The van der Waals surface area contributed by atoms with E-state index in [-0.39, 0.29) is 6.10 Å². The van der Waals surface area contributed by atoms with Crippen LogP contribution < -0.4 is 5.32 Å². The van der Waals surface area contributed by atoms with Gasteiger partial charge in [-0.25, -0.2) is 0 Å². The fourth-order valence-electron chi connectivity index (χ4n) is 1.98. The van der Waals surface area contributed by atoms with E-state index in [1.165, 1.54) is 19.3 Å². The van der Waals surface area contributed by atoms with E-state index < -0.39 is 0 Å². The van der Waals surface area contributed by atoms with Gasteiger partial charge in [-0.2, -0.15) is 0 Å². The summed E-state index contributed by atoms with van der Waals surface area (Å²) in [5, 5.41) is 13.1. The lowest BCUT2D eigenvalue weighted by Crippen LogP contribution is -2.35. The predicted molar refractivity (Wildman–Crippen MR) is 55.7 cm³/mol. The molecule has 0 bridgehead atoms. The molecule has 2 nitrogen and oxygen atoms in total. The summed E-state index contributed by atoms with van der Waals surface area (Å²) in [7, 11) is 0. The summed E-state index contributed by atoms with van der Waals surface area (Å²) in [6, 6.07) is 0. The van der Waals surface area contributed by atoms with E-state index in [0.29, 0.717) is 11.8 Å². The van der Waals surface area contributed by atoms with Gasteiger partial charge >= 0.3 is 0 Å². The van der Waals surface area contributed by atoms with Crippen molar-refractivity contribution < 1.29 is 5.11 Å². The third kappa shape index (κ3) is 4.10. The molecule has 0 amide bonds. The topological polar surface area (TPSA) is 32.3 Å². The maximum Gasteiger partial charge on any atom is 0.0580 e. The molecule has 78 valence electrons. The number of aliphatic hydroxyl groups excluding tert-OH is 1. The summed E-state index contributed by atoms with van der Waals surface area (Å²) < 4.78 is 0. The van der Waals surface area contributed by atoms with Crippen LogP contribution in [0, 0.1) is 11.8 Å². The van der Waals surface area contributed by atoms with Gasteiger partial charge in [0.05, 0.1) is 6.10 Å². The van der Waals surface area contributed by atoms with Crippen molar-refractivity contribution in [1.82, 2.24) is 5.32 Å². The van der Waals surface area contributed by atoms with Gasteiger partial charge in [-0.1, -0.05) is 26.7 Å². The minimum Gasteiger partial charge on any atom is -0.393 e. The maximum absolute atomic E-state index is 9.69. The SMILES string of the molecule is CC(C)CNCC1CCCCC1O. The van der Waals surface area contributed by atoms with E-state index in [1.54, 1.807) is 0 Å². The van der Waals surface area contributed by atoms with Gasteiger partial charge in [-0.15, -0.1) is 0 Å². The summed E-state index contributed by atoms with van der Waals surface area (Å²) in [5.74, 6) is 1.22. The summed E-state index contributed by atoms with van der Waals surface area (Å²) in [5.41, 5.74) is 0. The van der Waals surface area contributed by atoms with Gasteiger partial charge in [0, 0.05) is 6.54 Å². The lowest BCUT2D eigenvalue weighted by atomic mass is 9.86. The summed E-state index contributed by atoms with van der Waals surface area (Å²) >= 11 is 0. The monoisotopic (exact) mass is 185 g/mol. The van der Waals surface area contributed by atoms with Crippen molar-refractivity contribution >= 4 is 0 Å². The van der Waals surface area contributed by atoms with Crippen LogP contribution in [0.3, 0.4) is 0 Å². The summed E-state index contributed by atoms with van der Waals surface area (Å²) in [6.07, 6.45) is 4.67. The Kier molecular flexibility index (Phi) is 4.74. The number of nitrogens with one attached hydrogen (secondary N) is 1. The molecule has 0 saturated heterocycles. The van der Waals surface area contributed by atoms with Crippen molar-refractivity contribution in [3.05, 3.63) is 0 Å². The Bertz CT molecular complexity index is 136. The van der Waals surface area contributed by atoms with Crippen molar-refractivity contribution in [2.45, 2.75) is 45.6 Å². The Hall–Kier alpha value is -0.0800. The van der Waals surface area contributed by atoms with Crippen LogP contribution in [-0.4, -0.2) is 24.3 Å². The first-order chi connectivity index (χ1) is 6.20. The van der Waals surface area contributed by atoms with Gasteiger partial charge < -0.3 is 10.4 Å². The van der Waals surface area contributed by atoms with Gasteiger partial charge in [0.1, 0.15) is 0 Å². The van der Waals surface area contributed by atoms with E-state index in [1.807, 2.05) is 0 Å². The first-order valence-corrected chi connectivity index (χ1v) is 5.59. The van der Waals surface area contributed by atoms with Crippen molar-refractivity contribution in [3.8, 4) is 0 Å². The van der Waals surface area contributed by atoms with Crippen LogP contribution in [0.1, 0.15) is 39.5 Å². The van der Waals surface area contributed by atoms with E-state index in [0.717, 1.165) is 19.5 Å². The van der Waals surface area contributed by atoms with Gasteiger partial charge in [-0.05, 0) is 31.2 Å². The lowest BCUT2D eigenvalue weighted by Gasteiger charge is -2.28. The molecule has 0 radical (unpaired) electrons. The number of hydrogen-bond donors (Lipinski definition) is 2. The van der Waals surface area contributed by atoms with Gasteiger partial charge in [0.15, 0.2) is 0 Å². The van der Waals surface area contributed by atoms with Gasteiger partial charge in [-0.3, -0.25) is 0 Å². The average Bonchev–Trinajstić information content (AvgIpc) is 2.08. The highest BCUT2D eigenvalue weighted by Gasteiger charge is 2.22. The molecule has 0 heterocycles. The Balaban J connectivity index is 2.11. The van der Waals surface area contributed by atoms with Crippen LogP contribution >= 0.6 is 0 Å². The summed E-state index contributed by atoms with van der Waals surface area (Å²) in [6.45, 7) is 6.50. The highest BCUT2D eigenvalue weighted by Crippen LogP contribution is 2.23. The van der Waals surface area contributed by atoms with Crippen LogP contribution in [-0.2, 0) is 0 Å². The quantitative estimate of drug-likeness (QED) is 0.700. The van der Waals surface area contributed by atoms with Crippen molar-refractivity contribution in [1.29, 1.82) is 0 Å². The zero-order valence-corrected chi connectivity index (χ0v) is 8.92. The highest BCUT2D eigenvalue weighted by molar-refractivity contribution is 4.76. The minimum absolute atomic E-state index is 0.0478. The molecule has 2 N–H and O–H groups in total. The smallest absolute Gasteiger partial charge is 0.0580 e. The Labute approximate surface area is 81.7 Å². The average molecular weight is 185 g/mol. The second kappa shape index (κ2) is 5.61. The van der Waals surface area contributed by atoms with Crippen LogP contribution in [0.15, 0.2) is 0 Å². The molecule has 1 aliphatic rings. The second-order valence-corrected chi connectivity index (χ2v) is 4.66. The molecule has 1 rings (SSSR count). The second-order valence-electron chi connectivity index (χ2n) is 4.66. The molecule has 0 aliphatic heterocycles. The van der Waals surface area contributed by atoms with E-state index in [9.17, 15) is 5.11 Å². The minimum atomic E-state index is -0.0478. The Morgan fingerprint density at radius 1 is 1.31 bits per heavy atom. The van der Waals surface area contributed by atoms with E-state index in [2.05, 4.69) is 19.2 Å². The third-order valence-corrected chi connectivity index (χ3v) is 2.83. The van der Waals surface area contributed by atoms with E-state index >= 15 is 0 Å². The highest BCUT2D eigenvalue weighted by atomic mass is 16.3. The third-order valence-electron chi connectivity index (χ3n) is 2.83. The molecule has 0 aromatic carbocycles. The van der Waals surface area contributed by atoms with Crippen LogP contribution in [0.5, 0.6) is 0 Å². The molecule has 2 unspecified atom stereocenters. The summed E-state index contributed by atoms with van der Waals surface area (Å²) in [4.78, 5) is 0.